The number of ether oxygens (including phenoxy) is 1. The highest BCUT2D eigenvalue weighted by atomic mass is 35.5. The van der Waals surface area contributed by atoms with Gasteiger partial charge >= 0.3 is 0 Å². The van der Waals surface area contributed by atoms with Gasteiger partial charge in [0.25, 0.3) is 5.91 Å². The molecule has 0 aromatic heterocycles. The second kappa shape index (κ2) is 13.2. The van der Waals surface area contributed by atoms with Gasteiger partial charge in [-0.15, -0.1) is 24.2 Å². The molecule has 23 heavy (non-hydrogen) atoms. The van der Waals surface area contributed by atoms with E-state index in [0.717, 1.165) is 4.90 Å². The Balaban J connectivity index is 0.00000484. The zero-order chi connectivity index (χ0) is 16.2. The lowest BCUT2D eigenvalue weighted by Gasteiger charge is -2.10. The monoisotopic (exact) mass is 361 g/mol. The number of rotatable bonds is 10. The number of thioether (sulfide) groups is 1. The first-order chi connectivity index (χ1) is 10.7. The number of amides is 2. The van der Waals surface area contributed by atoms with Crippen molar-refractivity contribution in [3.63, 3.8) is 0 Å². The highest BCUT2D eigenvalue weighted by molar-refractivity contribution is 8.00. The molecular weight excluding hydrogens is 338 g/mol. The number of nitrogens with one attached hydrogen (secondary N) is 3. The number of benzene rings is 1. The van der Waals surface area contributed by atoms with Crippen molar-refractivity contribution in [2.24, 2.45) is 0 Å². The van der Waals surface area contributed by atoms with E-state index in [1.165, 1.54) is 11.8 Å². The van der Waals surface area contributed by atoms with Gasteiger partial charge in [0.2, 0.25) is 5.91 Å². The molecule has 0 aliphatic rings. The molecule has 0 aliphatic heterocycles. The zero-order valence-corrected chi connectivity index (χ0v) is 15.0. The number of halogens is 1. The lowest BCUT2D eigenvalue weighted by Crippen LogP contribution is -2.31. The Morgan fingerprint density at radius 3 is 2.57 bits per heavy atom. The topological polar surface area (TPSA) is 79.5 Å². The van der Waals surface area contributed by atoms with Crippen LogP contribution in [0.1, 0.15) is 10.4 Å². The fourth-order valence-corrected chi connectivity index (χ4v) is 2.54. The van der Waals surface area contributed by atoms with E-state index in [1.54, 1.807) is 13.2 Å². The molecule has 0 radical (unpaired) electrons. The van der Waals surface area contributed by atoms with Crippen LogP contribution in [-0.2, 0) is 9.53 Å². The maximum atomic E-state index is 12.1. The molecule has 0 saturated heterocycles. The number of carbonyl (C=O) groups is 2. The molecule has 0 saturated carbocycles. The van der Waals surface area contributed by atoms with Crippen molar-refractivity contribution >= 4 is 36.0 Å². The molecule has 1 aromatic carbocycles. The van der Waals surface area contributed by atoms with Crippen molar-refractivity contribution in [2.45, 2.75) is 4.90 Å². The first-order valence-electron chi connectivity index (χ1n) is 7.09. The van der Waals surface area contributed by atoms with Gasteiger partial charge in [0.1, 0.15) is 0 Å². The number of likely N-dealkylation sites (N-methyl/N-ethyl adjacent to an activating group) is 1. The van der Waals surface area contributed by atoms with Crippen LogP contribution in [0.25, 0.3) is 0 Å². The number of hydrogen-bond donors (Lipinski definition) is 3. The standard InChI is InChI=1S/C15H23N3O3S.ClH/c1-16-7-8-18-15(20)12-5-3-4-6-13(12)22-11-14(19)17-9-10-21-2;/h3-6,16H,7-11H2,1-2H3,(H,17,19)(H,18,20);1H. The summed E-state index contributed by atoms with van der Waals surface area (Å²) in [6, 6.07) is 7.28. The van der Waals surface area contributed by atoms with E-state index >= 15 is 0 Å². The molecular formula is C15H24ClN3O3S. The maximum absolute atomic E-state index is 12.1. The normalized spacial score (nSPS) is 9.83. The van der Waals surface area contributed by atoms with Crippen LogP contribution in [0.4, 0.5) is 0 Å². The van der Waals surface area contributed by atoms with Gasteiger partial charge in [0, 0.05) is 31.6 Å². The fraction of sp³-hybridized carbons (Fsp3) is 0.467. The Labute approximate surface area is 147 Å². The Morgan fingerprint density at radius 1 is 1.13 bits per heavy atom. The Hall–Kier alpha value is -1.28. The van der Waals surface area contributed by atoms with Gasteiger partial charge in [-0.3, -0.25) is 9.59 Å². The molecule has 1 aromatic rings. The summed E-state index contributed by atoms with van der Waals surface area (Å²) < 4.78 is 4.87. The Kier molecular flexibility index (Phi) is 12.5. The molecule has 2 amide bonds. The van der Waals surface area contributed by atoms with Crippen LogP contribution in [-0.4, -0.2) is 58.0 Å². The molecule has 3 N–H and O–H groups in total. The van der Waals surface area contributed by atoms with Crippen LogP contribution in [0, 0.1) is 0 Å². The summed E-state index contributed by atoms with van der Waals surface area (Å²) in [4.78, 5) is 24.6. The molecule has 1 rings (SSSR count). The highest BCUT2D eigenvalue weighted by Gasteiger charge is 2.12. The zero-order valence-electron chi connectivity index (χ0n) is 13.4. The Morgan fingerprint density at radius 2 is 1.87 bits per heavy atom. The molecule has 0 unspecified atom stereocenters. The summed E-state index contributed by atoms with van der Waals surface area (Å²) in [7, 11) is 3.42. The van der Waals surface area contributed by atoms with E-state index < -0.39 is 0 Å². The molecule has 0 fully saturated rings. The second-order valence-electron chi connectivity index (χ2n) is 4.49. The molecule has 0 spiro atoms. The third-order valence-corrected chi connectivity index (χ3v) is 3.85. The maximum Gasteiger partial charge on any atom is 0.252 e. The van der Waals surface area contributed by atoms with Crippen molar-refractivity contribution in [1.82, 2.24) is 16.0 Å². The highest BCUT2D eigenvalue weighted by Crippen LogP contribution is 2.22. The van der Waals surface area contributed by atoms with Gasteiger partial charge in [-0.1, -0.05) is 12.1 Å². The van der Waals surface area contributed by atoms with Gasteiger partial charge in [-0.05, 0) is 19.2 Å². The SMILES string of the molecule is CNCCNC(=O)c1ccccc1SCC(=O)NCCOC.Cl. The van der Waals surface area contributed by atoms with Gasteiger partial charge in [-0.25, -0.2) is 0 Å². The first kappa shape index (κ1) is 21.7. The summed E-state index contributed by atoms with van der Waals surface area (Å²) >= 11 is 1.35. The van der Waals surface area contributed by atoms with Crippen molar-refractivity contribution < 1.29 is 14.3 Å². The molecule has 0 aliphatic carbocycles. The minimum absolute atomic E-state index is 0. The summed E-state index contributed by atoms with van der Waals surface area (Å²) in [5.74, 6) is 0.0652. The molecule has 0 atom stereocenters. The van der Waals surface area contributed by atoms with E-state index in [0.29, 0.717) is 31.8 Å². The van der Waals surface area contributed by atoms with Crippen LogP contribution in [0.2, 0.25) is 0 Å². The van der Waals surface area contributed by atoms with Crippen LogP contribution in [0.3, 0.4) is 0 Å². The lowest BCUT2D eigenvalue weighted by molar-refractivity contribution is -0.118. The van der Waals surface area contributed by atoms with Gasteiger partial charge < -0.3 is 20.7 Å². The van der Waals surface area contributed by atoms with Crippen LogP contribution < -0.4 is 16.0 Å². The summed E-state index contributed by atoms with van der Waals surface area (Å²) in [5.41, 5.74) is 0.591. The largest absolute Gasteiger partial charge is 0.383 e. The fourth-order valence-electron chi connectivity index (χ4n) is 1.66. The minimum Gasteiger partial charge on any atom is -0.383 e. The van der Waals surface area contributed by atoms with E-state index in [9.17, 15) is 9.59 Å². The lowest BCUT2D eigenvalue weighted by atomic mass is 10.2. The molecule has 0 bridgehead atoms. The number of carbonyl (C=O) groups excluding carboxylic acids is 2. The van der Waals surface area contributed by atoms with E-state index in [-0.39, 0.29) is 30.0 Å². The smallest absolute Gasteiger partial charge is 0.252 e. The average molecular weight is 362 g/mol. The Bertz CT molecular complexity index is 489. The predicted molar refractivity (Wildman–Crippen MR) is 95.6 cm³/mol. The minimum atomic E-state index is -0.127. The van der Waals surface area contributed by atoms with Crippen molar-refractivity contribution in [2.75, 3.05) is 46.2 Å². The van der Waals surface area contributed by atoms with Crippen LogP contribution in [0.15, 0.2) is 29.2 Å². The molecule has 130 valence electrons. The summed E-state index contributed by atoms with van der Waals surface area (Å²) in [6.07, 6.45) is 0. The molecule has 0 heterocycles. The van der Waals surface area contributed by atoms with Crippen LogP contribution in [0.5, 0.6) is 0 Å². The van der Waals surface area contributed by atoms with Crippen molar-refractivity contribution in [1.29, 1.82) is 0 Å². The quantitative estimate of drug-likeness (QED) is 0.426. The number of hydrogen-bond acceptors (Lipinski definition) is 5. The van der Waals surface area contributed by atoms with Gasteiger partial charge in [0.05, 0.1) is 17.9 Å². The van der Waals surface area contributed by atoms with E-state index in [2.05, 4.69) is 16.0 Å². The van der Waals surface area contributed by atoms with Crippen molar-refractivity contribution in [3.8, 4) is 0 Å². The third kappa shape index (κ3) is 8.80. The van der Waals surface area contributed by atoms with E-state index in [1.807, 2.05) is 25.2 Å². The number of methoxy groups -OCH3 is 1. The van der Waals surface area contributed by atoms with Crippen LogP contribution >= 0.6 is 24.2 Å². The second-order valence-corrected chi connectivity index (χ2v) is 5.50. The van der Waals surface area contributed by atoms with Gasteiger partial charge in [0.15, 0.2) is 0 Å². The van der Waals surface area contributed by atoms with Crippen molar-refractivity contribution in [3.05, 3.63) is 29.8 Å². The van der Waals surface area contributed by atoms with Gasteiger partial charge in [-0.2, -0.15) is 0 Å². The summed E-state index contributed by atoms with van der Waals surface area (Å²) in [5, 5.41) is 8.56. The third-order valence-electron chi connectivity index (χ3n) is 2.78. The summed E-state index contributed by atoms with van der Waals surface area (Å²) in [6.45, 7) is 2.25. The molecule has 6 nitrogen and oxygen atoms in total. The van der Waals surface area contributed by atoms with E-state index in [4.69, 9.17) is 4.74 Å². The first-order valence-corrected chi connectivity index (χ1v) is 8.08. The molecule has 8 heteroatoms. The predicted octanol–water partition coefficient (Wildman–Crippen LogP) is 0.912. The average Bonchev–Trinajstić information content (AvgIpc) is 2.53.